The van der Waals surface area contributed by atoms with Crippen LogP contribution < -0.4 is 5.32 Å². The normalized spacial score (nSPS) is 26.5. The first-order chi connectivity index (χ1) is 10.2. The standard InChI is InChI=1S/C20H29N/c1-16-6-5-7-17(12-16)20(15-21-18-8-9-18)13-19(14-20)10-3-2-4-11-19/h5-7,12,18,21H,2-4,8-11,13-15H2,1H3. The van der Waals surface area contributed by atoms with Gasteiger partial charge in [-0.2, -0.15) is 0 Å². The fraction of sp³-hybridized carbons (Fsp3) is 0.700. The Morgan fingerprint density at radius 3 is 2.52 bits per heavy atom. The second-order valence-electron chi connectivity index (χ2n) is 8.22. The summed E-state index contributed by atoms with van der Waals surface area (Å²) < 4.78 is 0. The highest BCUT2D eigenvalue weighted by atomic mass is 15.0. The van der Waals surface area contributed by atoms with Gasteiger partial charge in [0.15, 0.2) is 0 Å². The molecule has 3 saturated carbocycles. The molecule has 0 aromatic heterocycles. The molecule has 1 heteroatoms. The van der Waals surface area contributed by atoms with Crippen molar-refractivity contribution in [3.63, 3.8) is 0 Å². The monoisotopic (exact) mass is 283 g/mol. The minimum absolute atomic E-state index is 0.436. The minimum Gasteiger partial charge on any atom is -0.313 e. The Labute approximate surface area is 129 Å². The summed E-state index contributed by atoms with van der Waals surface area (Å²) in [6.45, 7) is 3.45. The number of nitrogens with one attached hydrogen (secondary N) is 1. The third-order valence-corrected chi connectivity index (χ3v) is 6.28. The van der Waals surface area contributed by atoms with Gasteiger partial charge in [0.05, 0.1) is 0 Å². The molecule has 0 atom stereocenters. The van der Waals surface area contributed by atoms with E-state index < -0.39 is 0 Å². The SMILES string of the molecule is Cc1cccc(C2(CNC3CC3)CC3(CCCCC3)C2)c1. The molecule has 1 spiro atoms. The Kier molecular flexibility index (Phi) is 3.37. The van der Waals surface area contributed by atoms with Crippen LogP contribution in [0.2, 0.25) is 0 Å². The van der Waals surface area contributed by atoms with Crippen LogP contribution in [0.3, 0.4) is 0 Å². The van der Waals surface area contributed by atoms with Gasteiger partial charge in [-0.3, -0.25) is 0 Å². The van der Waals surface area contributed by atoms with E-state index in [0.29, 0.717) is 10.8 Å². The van der Waals surface area contributed by atoms with Gasteiger partial charge in [-0.05, 0) is 56.4 Å². The molecule has 0 unspecified atom stereocenters. The van der Waals surface area contributed by atoms with Crippen molar-refractivity contribution in [3.8, 4) is 0 Å². The van der Waals surface area contributed by atoms with Gasteiger partial charge in [0.1, 0.15) is 0 Å². The number of benzene rings is 1. The van der Waals surface area contributed by atoms with E-state index in [4.69, 9.17) is 0 Å². The van der Waals surface area contributed by atoms with Crippen molar-refractivity contribution < 1.29 is 0 Å². The molecule has 4 rings (SSSR count). The van der Waals surface area contributed by atoms with E-state index in [0.717, 1.165) is 6.04 Å². The number of hydrogen-bond acceptors (Lipinski definition) is 1. The third kappa shape index (κ3) is 2.65. The lowest BCUT2D eigenvalue weighted by Crippen LogP contribution is -2.55. The summed E-state index contributed by atoms with van der Waals surface area (Å²) in [5.41, 5.74) is 4.16. The van der Waals surface area contributed by atoms with E-state index in [1.165, 1.54) is 69.9 Å². The number of aryl methyl sites for hydroxylation is 1. The van der Waals surface area contributed by atoms with Gasteiger partial charge in [-0.1, -0.05) is 49.1 Å². The predicted octanol–water partition coefficient (Wildman–Crippen LogP) is 4.73. The molecule has 0 bridgehead atoms. The van der Waals surface area contributed by atoms with Gasteiger partial charge in [0.2, 0.25) is 0 Å². The summed E-state index contributed by atoms with van der Waals surface area (Å²) in [5.74, 6) is 0. The molecule has 0 saturated heterocycles. The van der Waals surface area contributed by atoms with Gasteiger partial charge in [0.25, 0.3) is 0 Å². The molecule has 1 aromatic rings. The zero-order valence-corrected chi connectivity index (χ0v) is 13.5. The lowest BCUT2D eigenvalue weighted by atomic mass is 9.46. The second-order valence-corrected chi connectivity index (χ2v) is 8.22. The lowest BCUT2D eigenvalue weighted by molar-refractivity contribution is -0.0129. The van der Waals surface area contributed by atoms with Crippen LogP contribution >= 0.6 is 0 Å². The van der Waals surface area contributed by atoms with Crippen LogP contribution in [0.25, 0.3) is 0 Å². The Morgan fingerprint density at radius 1 is 1.10 bits per heavy atom. The van der Waals surface area contributed by atoms with Gasteiger partial charge in [-0.15, -0.1) is 0 Å². The van der Waals surface area contributed by atoms with E-state index >= 15 is 0 Å². The first kappa shape index (κ1) is 13.8. The molecule has 1 N–H and O–H groups in total. The largest absolute Gasteiger partial charge is 0.313 e. The van der Waals surface area contributed by atoms with E-state index in [9.17, 15) is 0 Å². The molecule has 3 aliphatic carbocycles. The summed E-state index contributed by atoms with van der Waals surface area (Å²) in [7, 11) is 0. The van der Waals surface area contributed by atoms with Crippen LogP contribution in [0, 0.1) is 12.3 Å². The Morgan fingerprint density at radius 2 is 1.86 bits per heavy atom. The molecular weight excluding hydrogens is 254 g/mol. The Bertz CT molecular complexity index is 500. The van der Waals surface area contributed by atoms with E-state index in [-0.39, 0.29) is 0 Å². The van der Waals surface area contributed by atoms with Gasteiger partial charge >= 0.3 is 0 Å². The molecule has 114 valence electrons. The summed E-state index contributed by atoms with van der Waals surface area (Å²) in [4.78, 5) is 0. The average Bonchev–Trinajstić information content (AvgIpc) is 3.28. The first-order valence-corrected chi connectivity index (χ1v) is 9.00. The van der Waals surface area contributed by atoms with E-state index in [1.807, 2.05) is 0 Å². The molecule has 3 aliphatic rings. The first-order valence-electron chi connectivity index (χ1n) is 9.00. The summed E-state index contributed by atoms with van der Waals surface area (Å²) >= 11 is 0. The van der Waals surface area contributed by atoms with Crippen LogP contribution in [-0.2, 0) is 5.41 Å². The van der Waals surface area contributed by atoms with E-state index in [2.05, 4.69) is 36.5 Å². The van der Waals surface area contributed by atoms with Gasteiger partial charge in [0, 0.05) is 18.0 Å². The van der Waals surface area contributed by atoms with Crippen molar-refractivity contribution in [2.75, 3.05) is 6.54 Å². The molecule has 0 aliphatic heterocycles. The Hall–Kier alpha value is -0.820. The number of rotatable bonds is 4. The molecule has 3 fully saturated rings. The zero-order valence-electron chi connectivity index (χ0n) is 13.5. The van der Waals surface area contributed by atoms with Crippen molar-refractivity contribution in [2.24, 2.45) is 5.41 Å². The molecule has 0 radical (unpaired) electrons. The highest BCUT2D eigenvalue weighted by Gasteiger charge is 2.54. The predicted molar refractivity (Wildman–Crippen MR) is 88.6 cm³/mol. The summed E-state index contributed by atoms with van der Waals surface area (Å²) in [6.07, 6.45) is 13.1. The third-order valence-electron chi connectivity index (χ3n) is 6.28. The maximum absolute atomic E-state index is 3.84. The molecule has 1 aromatic carbocycles. The fourth-order valence-corrected chi connectivity index (χ4v) is 5.07. The van der Waals surface area contributed by atoms with Crippen molar-refractivity contribution in [1.82, 2.24) is 5.32 Å². The summed E-state index contributed by atoms with van der Waals surface area (Å²) in [5, 5.41) is 3.84. The van der Waals surface area contributed by atoms with E-state index in [1.54, 1.807) is 5.56 Å². The quantitative estimate of drug-likeness (QED) is 0.842. The van der Waals surface area contributed by atoms with Crippen LogP contribution in [0.1, 0.15) is 68.9 Å². The smallest absolute Gasteiger partial charge is 0.00885 e. The van der Waals surface area contributed by atoms with Gasteiger partial charge < -0.3 is 5.32 Å². The molecule has 0 amide bonds. The number of hydrogen-bond donors (Lipinski definition) is 1. The minimum atomic E-state index is 0.436. The highest BCUT2D eigenvalue weighted by Crippen LogP contribution is 2.61. The maximum Gasteiger partial charge on any atom is 0.00885 e. The fourth-order valence-electron chi connectivity index (χ4n) is 5.07. The second kappa shape index (κ2) is 5.12. The molecular formula is C20H29N. The van der Waals surface area contributed by atoms with Gasteiger partial charge in [-0.25, -0.2) is 0 Å². The van der Waals surface area contributed by atoms with Crippen molar-refractivity contribution in [3.05, 3.63) is 35.4 Å². The van der Waals surface area contributed by atoms with Crippen LogP contribution in [0.5, 0.6) is 0 Å². The van der Waals surface area contributed by atoms with Crippen molar-refractivity contribution in [1.29, 1.82) is 0 Å². The zero-order chi connectivity index (χ0) is 14.3. The highest BCUT2D eigenvalue weighted by molar-refractivity contribution is 5.34. The van der Waals surface area contributed by atoms with Crippen molar-refractivity contribution in [2.45, 2.75) is 76.2 Å². The average molecular weight is 283 g/mol. The van der Waals surface area contributed by atoms with Crippen LogP contribution in [-0.4, -0.2) is 12.6 Å². The molecule has 21 heavy (non-hydrogen) atoms. The molecule has 0 heterocycles. The van der Waals surface area contributed by atoms with Crippen molar-refractivity contribution >= 4 is 0 Å². The topological polar surface area (TPSA) is 12.0 Å². The maximum atomic E-state index is 3.84. The summed E-state index contributed by atoms with van der Waals surface area (Å²) in [6, 6.07) is 10.2. The lowest BCUT2D eigenvalue weighted by Gasteiger charge is -2.59. The van der Waals surface area contributed by atoms with Crippen LogP contribution in [0.15, 0.2) is 24.3 Å². The Balaban J connectivity index is 1.55. The van der Waals surface area contributed by atoms with Crippen LogP contribution in [0.4, 0.5) is 0 Å². The molecule has 1 nitrogen and oxygen atoms in total.